The fourth-order valence-electron chi connectivity index (χ4n) is 7.00. The second kappa shape index (κ2) is 8.50. The van der Waals surface area contributed by atoms with Gasteiger partial charge in [-0.2, -0.15) is 0 Å². The Bertz CT molecular complexity index is 854. The second-order valence-corrected chi connectivity index (χ2v) is 10.4. The van der Waals surface area contributed by atoms with Gasteiger partial charge in [-0.25, -0.2) is 0 Å². The Labute approximate surface area is 189 Å². The first-order valence-electron chi connectivity index (χ1n) is 11.9. The zero-order valence-corrected chi connectivity index (χ0v) is 18.8. The number of ether oxygens (including phenoxy) is 1. The molecule has 1 heterocycles. The van der Waals surface area contributed by atoms with Crippen molar-refractivity contribution in [2.75, 3.05) is 39.8 Å². The number of hydrogen-bond acceptors (Lipinski definition) is 5. The largest absolute Gasteiger partial charge is 0.497 e. The Balaban J connectivity index is 1.10. The third-order valence-corrected chi connectivity index (χ3v) is 8.12. The molecule has 4 bridgehead atoms. The van der Waals surface area contributed by atoms with Crippen molar-refractivity contribution < 1.29 is 19.1 Å². The summed E-state index contributed by atoms with van der Waals surface area (Å²) in [4.78, 5) is 42.3. The van der Waals surface area contributed by atoms with Gasteiger partial charge in [-0.05, 0) is 80.5 Å². The smallest absolute Gasteiger partial charge is 0.257 e. The number of benzene rings is 1. The number of methoxy groups -OCH3 is 1. The highest BCUT2D eigenvalue weighted by Crippen LogP contribution is 2.60. The molecule has 1 aromatic rings. The zero-order chi connectivity index (χ0) is 22.3. The van der Waals surface area contributed by atoms with Crippen LogP contribution in [-0.4, -0.2) is 67.4 Å². The standard InChI is InChI=1S/C25H33N3O4/c1-32-21-4-2-20(3-5-21)23(30)26-22(29)16-27-6-8-28(9-7-27)24(31)25-13-17-10-18(14-25)12-19(11-17)15-25/h2-5,17-19H,6-16H2,1H3,(H,26,29,30). The van der Waals surface area contributed by atoms with Gasteiger partial charge in [0.1, 0.15) is 5.75 Å². The average molecular weight is 440 g/mol. The van der Waals surface area contributed by atoms with Crippen LogP contribution in [0, 0.1) is 23.2 Å². The van der Waals surface area contributed by atoms with E-state index in [1.165, 1.54) is 19.3 Å². The molecule has 4 aliphatic carbocycles. The third-order valence-electron chi connectivity index (χ3n) is 8.12. The number of amides is 3. The highest BCUT2D eigenvalue weighted by atomic mass is 16.5. The molecule has 0 aromatic heterocycles. The Morgan fingerprint density at radius 1 is 0.938 bits per heavy atom. The first kappa shape index (κ1) is 21.4. The van der Waals surface area contributed by atoms with E-state index >= 15 is 0 Å². The molecular weight excluding hydrogens is 406 g/mol. The van der Waals surface area contributed by atoms with Crippen molar-refractivity contribution in [3.63, 3.8) is 0 Å². The third kappa shape index (κ3) is 4.15. The maximum Gasteiger partial charge on any atom is 0.257 e. The number of nitrogens with one attached hydrogen (secondary N) is 1. The maximum absolute atomic E-state index is 13.5. The van der Waals surface area contributed by atoms with Crippen molar-refractivity contribution in [1.82, 2.24) is 15.1 Å². The van der Waals surface area contributed by atoms with E-state index in [-0.39, 0.29) is 17.9 Å². The van der Waals surface area contributed by atoms with Gasteiger partial charge in [0, 0.05) is 31.7 Å². The molecule has 5 fully saturated rings. The molecule has 0 unspecified atom stereocenters. The summed E-state index contributed by atoms with van der Waals surface area (Å²) in [7, 11) is 1.56. The van der Waals surface area contributed by atoms with Crippen LogP contribution in [-0.2, 0) is 9.59 Å². The van der Waals surface area contributed by atoms with Gasteiger partial charge in [-0.15, -0.1) is 0 Å². The molecule has 0 spiro atoms. The van der Waals surface area contributed by atoms with E-state index in [9.17, 15) is 14.4 Å². The monoisotopic (exact) mass is 439 g/mol. The van der Waals surface area contributed by atoms with Crippen molar-refractivity contribution in [3.05, 3.63) is 29.8 Å². The van der Waals surface area contributed by atoms with Gasteiger partial charge in [0.15, 0.2) is 0 Å². The minimum Gasteiger partial charge on any atom is -0.497 e. The SMILES string of the molecule is COc1ccc(C(=O)NC(=O)CN2CCN(C(=O)C34CC5CC(CC(C5)C3)C4)CC2)cc1. The number of carbonyl (C=O) groups is 3. The van der Waals surface area contributed by atoms with Crippen molar-refractivity contribution in [1.29, 1.82) is 0 Å². The summed E-state index contributed by atoms with van der Waals surface area (Å²) in [5, 5.41) is 2.46. The van der Waals surface area contributed by atoms with E-state index < -0.39 is 5.91 Å². The van der Waals surface area contributed by atoms with Crippen LogP contribution in [0.1, 0.15) is 48.9 Å². The molecule has 7 nitrogen and oxygen atoms in total. The molecule has 1 saturated heterocycles. The van der Waals surface area contributed by atoms with Crippen LogP contribution in [0.5, 0.6) is 5.75 Å². The number of imide groups is 1. The van der Waals surface area contributed by atoms with Crippen molar-refractivity contribution in [2.24, 2.45) is 23.2 Å². The number of hydrogen-bond donors (Lipinski definition) is 1. The number of carbonyl (C=O) groups excluding carboxylic acids is 3. The van der Waals surface area contributed by atoms with Gasteiger partial charge in [-0.1, -0.05) is 0 Å². The Hall–Kier alpha value is -2.41. The lowest BCUT2D eigenvalue weighted by molar-refractivity contribution is -0.159. The van der Waals surface area contributed by atoms with Gasteiger partial charge >= 0.3 is 0 Å². The summed E-state index contributed by atoms with van der Waals surface area (Å²) >= 11 is 0. The van der Waals surface area contributed by atoms with Gasteiger partial charge in [0.25, 0.3) is 5.91 Å². The fourth-order valence-corrected chi connectivity index (χ4v) is 7.00. The maximum atomic E-state index is 13.5. The first-order valence-corrected chi connectivity index (χ1v) is 11.9. The molecule has 6 rings (SSSR count). The predicted octanol–water partition coefficient (Wildman–Crippen LogP) is 2.31. The van der Waals surface area contributed by atoms with Crippen LogP contribution in [0.25, 0.3) is 0 Å². The molecule has 7 heteroatoms. The number of nitrogens with zero attached hydrogens (tertiary/aromatic N) is 2. The number of rotatable bonds is 5. The van der Waals surface area contributed by atoms with Gasteiger partial charge in [0.2, 0.25) is 11.8 Å². The lowest BCUT2D eigenvalue weighted by atomic mass is 9.49. The summed E-state index contributed by atoms with van der Waals surface area (Å²) in [6, 6.07) is 6.66. The molecule has 1 aromatic carbocycles. The lowest BCUT2D eigenvalue weighted by Gasteiger charge is -2.57. The average Bonchev–Trinajstić information content (AvgIpc) is 2.78. The quantitative estimate of drug-likeness (QED) is 0.762. The van der Waals surface area contributed by atoms with E-state index in [0.29, 0.717) is 43.4 Å². The van der Waals surface area contributed by atoms with Crippen molar-refractivity contribution in [2.45, 2.75) is 38.5 Å². The highest BCUT2D eigenvalue weighted by Gasteiger charge is 2.55. The Morgan fingerprint density at radius 3 is 2.03 bits per heavy atom. The van der Waals surface area contributed by atoms with E-state index in [4.69, 9.17) is 4.74 Å². The van der Waals surface area contributed by atoms with Crippen LogP contribution in [0.4, 0.5) is 0 Å². The molecule has 1 N–H and O–H groups in total. The van der Waals surface area contributed by atoms with Gasteiger partial charge in [0.05, 0.1) is 19.1 Å². The molecule has 4 saturated carbocycles. The Kier molecular flexibility index (Phi) is 5.70. The minimum atomic E-state index is -0.409. The summed E-state index contributed by atoms with van der Waals surface area (Å²) in [6.45, 7) is 2.84. The second-order valence-electron chi connectivity index (χ2n) is 10.4. The Morgan fingerprint density at radius 2 is 1.50 bits per heavy atom. The lowest BCUT2D eigenvalue weighted by Crippen LogP contribution is -2.58. The highest BCUT2D eigenvalue weighted by molar-refractivity contribution is 6.05. The number of piperazine rings is 1. The van der Waals surface area contributed by atoms with Crippen molar-refractivity contribution in [3.8, 4) is 5.75 Å². The molecule has 0 radical (unpaired) electrons. The fraction of sp³-hybridized carbons (Fsp3) is 0.640. The first-order chi connectivity index (χ1) is 15.4. The zero-order valence-electron chi connectivity index (χ0n) is 18.8. The molecule has 1 aliphatic heterocycles. The predicted molar refractivity (Wildman–Crippen MR) is 119 cm³/mol. The van der Waals surface area contributed by atoms with Crippen LogP contribution in [0.3, 0.4) is 0 Å². The molecular formula is C25H33N3O4. The van der Waals surface area contributed by atoms with Gasteiger partial charge in [-0.3, -0.25) is 24.6 Å². The molecule has 172 valence electrons. The summed E-state index contributed by atoms with van der Waals surface area (Å²) in [5.41, 5.74) is 0.323. The van der Waals surface area contributed by atoms with Crippen LogP contribution in [0.15, 0.2) is 24.3 Å². The van der Waals surface area contributed by atoms with Crippen LogP contribution >= 0.6 is 0 Å². The van der Waals surface area contributed by atoms with Gasteiger partial charge < -0.3 is 9.64 Å². The topological polar surface area (TPSA) is 79.0 Å². The molecule has 3 amide bonds. The molecule has 5 aliphatic rings. The van der Waals surface area contributed by atoms with E-state index in [2.05, 4.69) is 5.32 Å². The summed E-state index contributed by atoms with van der Waals surface area (Å²) < 4.78 is 5.09. The van der Waals surface area contributed by atoms with E-state index in [1.807, 2.05) is 9.80 Å². The van der Waals surface area contributed by atoms with Crippen molar-refractivity contribution >= 4 is 17.7 Å². The van der Waals surface area contributed by atoms with E-state index in [1.54, 1.807) is 31.4 Å². The minimum absolute atomic E-state index is 0.0981. The summed E-state index contributed by atoms with van der Waals surface area (Å²) in [5.74, 6) is 2.60. The summed E-state index contributed by atoms with van der Waals surface area (Å²) in [6.07, 6.45) is 7.29. The molecule has 0 atom stereocenters. The molecule has 32 heavy (non-hydrogen) atoms. The van der Waals surface area contributed by atoms with Crippen LogP contribution < -0.4 is 10.1 Å². The normalized spacial score (nSPS) is 31.4. The van der Waals surface area contributed by atoms with E-state index in [0.717, 1.165) is 37.0 Å². The van der Waals surface area contributed by atoms with Crippen LogP contribution in [0.2, 0.25) is 0 Å².